The van der Waals surface area contributed by atoms with Crippen LogP contribution in [0, 0.1) is 0 Å². The zero-order valence-electron chi connectivity index (χ0n) is 17.4. The number of likely N-dealkylation sites (tertiary alicyclic amines) is 1. The second-order valence-electron chi connectivity index (χ2n) is 7.42. The van der Waals surface area contributed by atoms with Gasteiger partial charge in [-0.3, -0.25) is 14.7 Å². The number of rotatable bonds is 6. The number of piperazine rings is 1. The molecular weight excluding hydrogens is 521 g/mol. The zero-order valence-corrected chi connectivity index (χ0v) is 21.3. The molecule has 0 bridgehead atoms. The third-order valence-corrected chi connectivity index (χ3v) is 6.81. The summed E-state index contributed by atoms with van der Waals surface area (Å²) in [4.78, 5) is 25.4. The number of hydrogen-bond donors (Lipinski definition) is 1. The van der Waals surface area contributed by atoms with Crippen LogP contribution in [-0.4, -0.2) is 85.0 Å². The van der Waals surface area contributed by atoms with E-state index in [9.17, 15) is 4.79 Å². The van der Waals surface area contributed by atoms with Gasteiger partial charge >= 0.3 is 0 Å². The minimum Gasteiger partial charge on any atom is -0.357 e. The predicted molar refractivity (Wildman–Crippen MR) is 133 cm³/mol. The highest BCUT2D eigenvalue weighted by atomic mass is 127. The average molecular weight is 554 g/mol. The largest absolute Gasteiger partial charge is 0.357 e. The molecule has 1 amide bonds. The van der Waals surface area contributed by atoms with Gasteiger partial charge in [0, 0.05) is 63.7 Å². The van der Waals surface area contributed by atoms with E-state index >= 15 is 0 Å². The van der Waals surface area contributed by atoms with Crippen LogP contribution in [0.25, 0.3) is 0 Å². The van der Waals surface area contributed by atoms with Crippen LogP contribution in [-0.2, 0) is 11.2 Å². The van der Waals surface area contributed by atoms with E-state index in [1.165, 1.54) is 4.88 Å². The topological polar surface area (TPSA) is 51.2 Å². The van der Waals surface area contributed by atoms with E-state index in [1.807, 2.05) is 11.0 Å². The number of nitrogens with zero attached hydrogens (tertiary/aromatic N) is 4. The standard InChI is InChI=1S/C20H32ClN5OS.HI/c1-3-22-20(23-9-8-17-6-7-18(21)28-17)26-14-12-24(13-15-26)16(2)19(27)25-10-4-5-11-25;/h6-7,16H,3-5,8-15H2,1-2H3,(H,22,23);1H. The molecule has 6 nitrogen and oxygen atoms in total. The van der Waals surface area contributed by atoms with Crippen LogP contribution in [0.1, 0.15) is 31.6 Å². The number of guanidine groups is 1. The molecule has 1 atom stereocenters. The lowest BCUT2D eigenvalue weighted by molar-refractivity contribution is -0.135. The van der Waals surface area contributed by atoms with E-state index in [0.29, 0.717) is 5.91 Å². The quantitative estimate of drug-likeness (QED) is 0.334. The molecule has 9 heteroatoms. The van der Waals surface area contributed by atoms with Crippen molar-refractivity contribution < 1.29 is 4.79 Å². The number of carbonyl (C=O) groups is 1. The predicted octanol–water partition coefficient (Wildman–Crippen LogP) is 3.16. The van der Waals surface area contributed by atoms with E-state index < -0.39 is 0 Å². The summed E-state index contributed by atoms with van der Waals surface area (Å²) in [7, 11) is 0. The summed E-state index contributed by atoms with van der Waals surface area (Å²) in [6.45, 7) is 11.2. The third-order valence-electron chi connectivity index (χ3n) is 5.52. The van der Waals surface area contributed by atoms with E-state index in [1.54, 1.807) is 11.3 Å². The summed E-state index contributed by atoms with van der Waals surface area (Å²) >= 11 is 7.63. The maximum absolute atomic E-state index is 12.7. The second kappa shape index (κ2) is 12.3. The molecule has 2 saturated heterocycles. The first-order valence-corrected chi connectivity index (χ1v) is 11.6. The van der Waals surface area contributed by atoms with E-state index in [4.69, 9.17) is 16.6 Å². The number of carbonyl (C=O) groups excluding carboxylic acids is 1. The van der Waals surface area contributed by atoms with E-state index in [-0.39, 0.29) is 30.0 Å². The molecule has 0 saturated carbocycles. The first-order valence-electron chi connectivity index (χ1n) is 10.4. The van der Waals surface area contributed by atoms with Crippen LogP contribution >= 0.6 is 46.9 Å². The molecule has 0 radical (unpaired) electrons. The van der Waals surface area contributed by atoms with Crippen molar-refractivity contribution in [1.29, 1.82) is 0 Å². The summed E-state index contributed by atoms with van der Waals surface area (Å²) in [5, 5.41) is 3.41. The Labute approximate surface area is 200 Å². The Hall–Kier alpha value is -0.580. The molecule has 1 aromatic rings. The van der Waals surface area contributed by atoms with Crippen LogP contribution in [0.3, 0.4) is 0 Å². The van der Waals surface area contributed by atoms with Crippen LogP contribution in [0.4, 0.5) is 0 Å². The molecule has 0 aliphatic carbocycles. The molecular formula is C20H33ClIN5OS. The normalized spacial score (nSPS) is 19.2. The maximum Gasteiger partial charge on any atom is 0.239 e. The lowest BCUT2D eigenvalue weighted by atomic mass is 10.2. The first-order chi connectivity index (χ1) is 13.6. The van der Waals surface area contributed by atoms with Gasteiger partial charge in [0.1, 0.15) is 0 Å². The van der Waals surface area contributed by atoms with Crippen molar-refractivity contribution in [1.82, 2.24) is 20.0 Å². The Morgan fingerprint density at radius 2 is 1.86 bits per heavy atom. The lowest BCUT2D eigenvalue weighted by Gasteiger charge is -2.39. The van der Waals surface area contributed by atoms with E-state index in [2.05, 4.69) is 35.0 Å². The van der Waals surface area contributed by atoms with Gasteiger partial charge in [0.05, 0.1) is 10.4 Å². The van der Waals surface area contributed by atoms with Gasteiger partial charge in [-0.2, -0.15) is 0 Å². The Kier molecular flexibility index (Phi) is 10.5. The summed E-state index contributed by atoms with van der Waals surface area (Å²) in [5.74, 6) is 1.27. The molecule has 2 aliphatic rings. The molecule has 2 fully saturated rings. The Balaban J connectivity index is 0.00000300. The maximum atomic E-state index is 12.7. The average Bonchev–Trinajstić information content (AvgIpc) is 3.38. The molecule has 3 rings (SSSR count). The van der Waals surface area contributed by atoms with Crippen molar-refractivity contribution in [3.8, 4) is 0 Å². The zero-order chi connectivity index (χ0) is 19.9. The van der Waals surface area contributed by atoms with Crippen LogP contribution in [0.2, 0.25) is 4.34 Å². The number of thiophene rings is 1. The molecule has 0 aromatic carbocycles. The monoisotopic (exact) mass is 553 g/mol. The highest BCUT2D eigenvalue weighted by Gasteiger charge is 2.30. The van der Waals surface area contributed by atoms with Crippen molar-refractivity contribution in [2.24, 2.45) is 4.99 Å². The Morgan fingerprint density at radius 3 is 2.45 bits per heavy atom. The van der Waals surface area contributed by atoms with Crippen molar-refractivity contribution >= 4 is 58.8 Å². The van der Waals surface area contributed by atoms with E-state index in [0.717, 1.165) is 81.9 Å². The molecule has 2 aliphatic heterocycles. The number of hydrogen-bond acceptors (Lipinski definition) is 4. The van der Waals surface area contributed by atoms with Gasteiger partial charge in [0.15, 0.2) is 5.96 Å². The summed E-state index contributed by atoms with van der Waals surface area (Å²) in [6.07, 6.45) is 3.20. The molecule has 164 valence electrons. The van der Waals surface area contributed by atoms with Crippen LogP contribution in [0.5, 0.6) is 0 Å². The minimum atomic E-state index is -0.0247. The van der Waals surface area contributed by atoms with Crippen molar-refractivity contribution in [2.45, 2.75) is 39.2 Å². The number of amides is 1. The van der Waals surface area contributed by atoms with Gasteiger partial charge in [-0.05, 0) is 38.8 Å². The van der Waals surface area contributed by atoms with Gasteiger partial charge < -0.3 is 15.1 Å². The Morgan fingerprint density at radius 1 is 1.17 bits per heavy atom. The first kappa shape index (κ1) is 24.7. The molecule has 3 heterocycles. The summed E-state index contributed by atoms with van der Waals surface area (Å²) in [5.41, 5.74) is 0. The van der Waals surface area contributed by atoms with Gasteiger partial charge in [-0.15, -0.1) is 35.3 Å². The molecule has 1 aromatic heterocycles. The molecule has 1 N–H and O–H groups in total. The van der Waals surface area contributed by atoms with Gasteiger partial charge in [-0.25, -0.2) is 0 Å². The highest BCUT2D eigenvalue weighted by Crippen LogP contribution is 2.21. The van der Waals surface area contributed by atoms with Crippen molar-refractivity contribution in [3.63, 3.8) is 0 Å². The summed E-state index contributed by atoms with van der Waals surface area (Å²) in [6, 6.07) is 4.00. The van der Waals surface area contributed by atoms with Crippen LogP contribution in [0.15, 0.2) is 17.1 Å². The highest BCUT2D eigenvalue weighted by molar-refractivity contribution is 14.0. The smallest absolute Gasteiger partial charge is 0.239 e. The SMILES string of the molecule is CCNC(=NCCc1ccc(Cl)s1)N1CCN(C(C)C(=O)N2CCCC2)CC1.I. The molecule has 0 spiro atoms. The number of aliphatic imine (C=N–C) groups is 1. The molecule has 1 unspecified atom stereocenters. The van der Waals surface area contributed by atoms with Gasteiger partial charge in [0.2, 0.25) is 5.91 Å². The summed E-state index contributed by atoms with van der Waals surface area (Å²) < 4.78 is 0.833. The fraction of sp³-hybridized carbons (Fsp3) is 0.700. The number of nitrogens with one attached hydrogen (secondary N) is 1. The van der Waals surface area contributed by atoms with Crippen molar-refractivity contribution in [3.05, 3.63) is 21.3 Å². The lowest BCUT2D eigenvalue weighted by Crippen LogP contribution is -2.57. The minimum absolute atomic E-state index is 0. The third kappa shape index (κ3) is 6.97. The van der Waals surface area contributed by atoms with Gasteiger partial charge in [0.25, 0.3) is 0 Å². The molecule has 29 heavy (non-hydrogen) atoms. The fourth-order valence-electron chi connectivity index (χ4n) is 3.86. The van der Waals surface area contributed by atoms with Crippen molar-refractivity contribution in [2.75, 3.05) is 52.4 Å². The second-order valence-corrected chi connectivity index (χ2v) is 9.22. The Bertz CT molecular complexity index is 672. The fourth-order valence-corrected chi connectivity index (χ4v) is 4.94. The number of halogens is 2. The van der Waals surface area contributed by atoms with Gasteiger partial charge in [-0.1, -0.05) is 11.6 Å². The van der Waals surface area contributed by atoms with Crippen LogP contribution < -0.4 is 5.32 Å².